The van der Waals surface area contributed by atoms with Crippen molar-refractivity contribution in [2.75, 3.05) is 7.05 Å². The Balaban J connectivity index is 3.84. The fraction of sp³-hybridized carbons (Fsp3) is 0.286. The molecular weight excluding hydrogens is 225 g/mol. The van der Waals surface area contributed by atoms with Crippen molar-refractivity contribution in [2.24, 2.45) is 4.99 Å². The zero-order valence-electron chi connectivity index (χ0n) is 5.63. The Morgan fingerprint density at radius 3 is 2.67 bits per heavy atom. The molecule has 0 aromatic heterocycles. The van der Waals surface area contributed by atoms with Gasteiger partial charge in [0.1, 0.15) is 0 Å². The van der Waals surface area contributed by atoms with Gasteiger partial charge in [-0.1, -0.05) is 28.7 Å². The Kier molecular flexibility index (Phi) is 5.93. The summed E-state index contributed by atoms with van der Waals surface area (Å²) < 4.78 is 1.98. The number of hydrogen-bond acceptors (Lipinski definition) is 1. The number of nitrogens with zero attached hydrogens (tertiary/aromatic N) is 1. The quantitative estimate of drug-likeness (QED) is 0.396. The minimum atomic E-state index is 1.22. The molecule has 0 atom stereocenters. The molecule has 9 heavy (non-hydrogen) atoms. The zero-order chi connectivity index (χ0) is 7.11. The van der Waals surface area contributed by atoms with Gasteiger partial charge in [0.05, 0.1) is 0 Å². The molecule has 0 amide bonds. The van der Waals surface area contributed by atoms with E-state index in [2.05, 4.69) is 27.6 Å². The lowest BCUT2D eigenvalue weighted by Crippen LogP contribution is -1.68. The van der Waals surface area contributed by atoms with Crippen LogP contribution in [0.2, 0.25) is 0 Å². The summed E-state index contributed by atoms with van der Waals surface area (Å²) in [5.41, 5.74) is 1.22. The molecule has 0 unspecified atom stereocenters. The first kappa shape index (κ1) is 8.88. The van der Waals surface area contributed by atoms with Gasteiger partial charge in [-0.25, -0.2) is 0 Å². The predicted molar refractivity (Wildman–Crippen MR) is 51.3 cm³/mol. The van der Waals surface area contributed by atoms with E-state index >= 15 is 0 Å². The van der Waals surface area contributed by atoms with Crippen molar-refractivity contribution >= 4 is 28.8 Å². The molecule has 0 fully saturated rings. The summed E-state index contributed by atoms with van der Waals surface area (Å²) in [5.74, 6) is 0. The van der Waals surface area contributed by atoms with E-state index in [1.807, 2.05) is 23.2 Å². The third kappa shape index (κ3) is 5.76. The van der Waals surface area contributed by atoms with Crippen molar-refractivity contribution in [3.05, 3.63) is 21.8 Å². The minimum Gasteiger partial charge on any atom is -0.297 e. The summed E-state index contributed by atoms with van der Waals surface area (Å²) >= 11 is 2.19. The molecule has 0 aliphatic heterocycles. The molecule has 0 heterocycles. The van der Waals surface area contributed by atoms with E-state index in [4.69, 9.17) is 0 Å². The SMILES string of the molecule is C/N=C/C=C(C)\C=C/I. The molecule has 0 N–H and O–H groups in total. The van der Waals surface area contributed by atoms with E-state index in [0.717, 1.165) is 0 Å². The van der Waals surface area contributed by atoms with E-state index in [0.29, 0.717) is 0 Å². The Hall–Kier alpha value is -0.120. The average Bonchev–Trinajstić information content (AvgIpc) is 1.85. The fourth-order valence-corrected chi connectivity index (χ4v) is 0.914. The van der Waals surface area contributed by atoms with Crippen molar-refractivity contribution in [3.63, 3.8) is 0 Å². The van der Waals surface area contributed by atoms with Crippen LogP contribution in [-0.4, -0.2) is 13.3 Å². The Bertz CT molecular complexity index is 145. The largest absolute Gasteiger partial charge is 0.297 e. The second kappa shape index (κ2) is 6.01. The lowest BCUT2D eigenvalue weighted by molar-refractivity contribution is 1.46. The first-order valence-electron chi connectivity index (χ1n) is 2.67. The van der Waals surface area contributed by atoms with E-state index in [1.165, 1.54) is 5.57 Å². The fourth-order valence-electron chi connectivity index (χ4n) is 0.347. The van der Waals surface area contributed by atoms with Gasteiger partial charge in [0.25, 0.3) is 0 Å². The molecule has 0 bridgehead atoms. The third-order valence-corrected chi connectivity index (χ3v) is 1.17. The van der Waals surface area contributed by atoms with Crippen molar-refractivity contribution < 1.29 is 0 Å². The third-order valence-electron chi connectivity index (χ3n) is 0.812. The number of allylic oxidation sites excluding steroid dienone is 3. The summed E-state index contributed by atoms with van der Waals surface area (Å²) in [6.45, 7) is 2.04. The van der Waals surface area contributed by atoms with Crippen LogP contribution in [0.4, 0.5) is 0 Å². The van der Waals surface area contributed by atoms with Crippen LogP contribution in [-0.2, 0) is 0 Å². The number of hydrogen-bond donors (Lipinski definition) is 0. The highest BCUT2D eigenvalue weighted by molar-refractivity contribution is 14.1. The van der Waals surface area contributed by atoms with Gasteiger partial charge in [-0.3, -0.25) is 4.99 Å². The van der Waals surface area contributed by atoms with E-state index in [-0.39, 0.29) is 0 Å². The zero-order valence-corrected chi connectivity index (χ0v) is 7.79. The van der Waals surface area contributed by atoms with Gasteiger partial charge in [0, 0.05) is 13.3 Å². The molecule has 0 aromatic rings. The van der Waals surface area contributed by atoms with Gasteiger partial charge in [-0.2, -0.15) is 0 Å². The van der Waals surface area contributed by atoms with Crippen molar-refractivity contribution in [3.8, 4) is 0 Å². The maximum Gasteiger partial charge on any atom is 0.0277 e. The van der Waals surface area contributed by atoms with Crippen molar-refractivity contribution in [1.29, 1.82) is 0 Å². The molecule has 0 spiro atoms. The second-order valence-corrected chi connectivity index (χ2v) is 2.33. The molecule has 2 heteroatoms. The Morgan fingerprint density at radius 2 is 2.22 bits per heavy atom. The minimum absolute atomic E-state index is 1.22. The van der Waals surface area contributed by atoms with Crippen molar-refractivity contribution in [2.45, 2.75) is 6.92 Å². The monoisotopic (exact) mass is 235 g/mol. The van der Waals surface area contributed by atoms with Gasteiger partial charge in [-0.05, 0) is 22.7 Å². The normalized spacial score (nSPS) is 13.9. The van der Waals surface area contributed by atoms with Crippen LogP contribution in [0.1, 0.15) is 6.92 Å². The highest BCUT2D eigenvalue weighted by Crippen LogP contribution is 1.95. The van der Waals surface area contributed by atoms with Crippen molar-refractivity contribution in [1.82, 2.24) is 0 Å². The van der Waals surface area contributed by atoms with Gasteiger partial charge in [-0.15, -0.1) is 0 Å². The maximum absolute atomic E-state index is 3.82. The molecule has 50 valence electrons. The smallest absolute Gasteiger partial charge is 0.0277 e. The van der Waals surface area contributed by atoms with Crippen LogP contribution in [0, 0.1) is 0 Å². The summed E-state index contributed by atoms with van der Waals surface area (Å²) in [6.07, 6.45) is 5.78. The summed E-state index contributed by atoms with van der Waals surface area (Å²) in [4.78, 5) is 3.82. The number of halogens is 1. The molecular formula is C7H10IN. The molecule has 0 aromatic carbocycles. The Morgan fingerprint density at radius 1 is 1.56 bits per heavy atom. The highest BCUT2D eigenvalue weighted by atomic mass is 127. The number of aliphatic imine (C=N–C) groups is 1. The summed E-state index contributed by atoms with van der Waals surface area (Å²) in [6, 6.07) is 0. The standard InChI is InChI=1S/C7H10IN/c1-7(3-5-8)4-6-9-2/h3-6H,1-2H3/b5-3-,7-4-,9-6+. The maximum atomic E-state index is 3.82. The van der Waals surface area contributed by atoms with Gasteiger partial charge in [0.15, 0.2) is 0 Å². The molecule has 0 saturated carbocycles. The first-order valence-corrected chi connectivity index (χ1v) is 3.91. The summed E-state index contributed by atoms with van der Waals surface area (Å²) in [7, 11) is 1.76. The van der Waals surface area contributed by atoms with Crippen LogP contribution in [0.25, 0.3) is 0 Å². The molecule has 0 saturated heterocycles. The Labute approximate surface area is 69.7 Å². The lowest BCUT2D eigenvalue weighted by atomic mass is 10.3. The van der Waals surface area contributed by atoms with Gasteiger partial charge < -0.3 is 0 Å². The number of rotatable bonds is 2. The van der Waals surface area contributed by atoms with Crippen LogP contribution >= 0.6 is 22.6 Å². The van der Waals surface area contributed by atoms with Gasteiger partial charge in [0.2, 0.25) is 0 Å². The second-order valence-electron chi connectivity index (χ2n) is 1.61. The van der Waals surface area contributed by atoms with E-state index in [1.54, 1.807) is 13.3 Å². The molecule has 1 nitrogen and oxygen atoms in total. The summed E-state index contributed by atoms with van der Waals surface area (Å²) in [5, 5.41) is 0. The predicted octanol–water partition coefficient (Wildman–Crippen LogP) is 2.58. The molecule has 0 aliphatic carbocycles. The average molecular weight is 235 g/mol. The van der Waals surface area contributed by atoms with Crippen LogP contribution in [0.5, 0.6) is 0 Å². The first-order chi connectivity index (χ1) is 4.31. The topological polar surface area (TPSA) is 12.4 Å². The van der Waals surface area contributed by atoms with Crippen LogP contribution in [0.15, 0.2) is 26.8 Å². The molecule has 0 aliphatic rings. The highest BCUT2D eigenvalue weighted by Gasteiger charge is 1.73. The molecule has 0 radical (unpaired) electrons. The lowest BCUT2D eigenvalue weighted by Gasteiger charge is -1.82. The van der Waals surface area contributed by atoms with Crippen LogP contribution in [0.3, 0.4) is 0 Å². The molecule has 0 rings (SSSR count). The van der Waals surface area contributed by atoms with E-state index in [9.17, 15) is 0 Å². The van der Waals surface area contributed by atoms with Gasteiger partial charge >= 0.3 is 0 Å². The van der Waals surface area contributed by atoms with E-state index < -0.39 is 0 Å². The van der Waals surface area contributed by atoms with Crippen LogP contribution < -0.4 is 0 Å².